The SMILES string of the molecule is CCN(CC)CCOc1ccc(NS(C)(=O)=O)cc1.CS(=O)(=O)O. The van der Waals surface area contributed by atoms with E-state index in [2.05, 4.69) is 23.5 Å². The van der Waals surface area contributed by atoms with Gasteiger partial charge in [0, 0.05) is 12.2 Å². The van der Waals surface area contributed by atoms with E-state index in [1.807, 2.05) is 0 Å². The molecule has 8 nitrogen and oxygen atoms in total. The average molecular weight is 383 g/mol. The van der Waals surface area contributed by atoms with Crippen LogP contribution in [0, 0.1) is 0 Å². The molecule has 0 aliphatic heterocycles. The molecule has 0 amide bonds. The molecule has 0 bridgehead atoms. The van der Waals surface area contributed by atoms with Crippen molar-refractivity contribution >= 4 is 25.8 Å². The van der Waals surface area contributed by atoms with E-state index in [1.165, 1.54) is 0 Å². The van der Waals surface area contributed by atoms with E-state index in [1.54, 1.807) is 24.3 Å². The van der Waals surface area contributed by atoms with Crippen LogP contribution >= 0.6 is 0 Å². The van der Waals surface area contributed by atoms with Gasteiger partial charge in [-0.25, -0.2) is 8.42 Å². The van der Waals surface area contributed by atoms with Gasteiger partial charge in [0.05, 0.1) is 12.5 Å². The van der Waals surface area contributed by atoms with Crippen LogP contribution < -0.4 is 9.46 Å². The fourth-order valence-corrected chi connectivity index (χ4v) is 2.23. The summed E-state index contributed by atoms with van der Waals surface area (Å²) in [6.07, 6.45) is 1.84. The molecule has 0 unspecified atom stereocenters. The largest absolute Gasteiger partial charge is 0.492 e. The van der Waals surface area contributed by atoms with E-state index < -0.39 is 20.1 Å². The fourth-order valence-electron chi connectivity index (χ4n) is 1.67. The van der Waals surface area contributed by atoms with Gasteiger partial charge in [-0.3, -0.25) is 9.27 Å². The molecule has 1 aromatic rings. The van der Waals surface area contributed by atoms with E-state index >= 15 is 0 Å². The highest BCUT2D eigenvalue weighted by atomic mass is 32.2. The number of likely N-dealkylation sites (N-methyl/N-ethyl adjacent to an activating group) is 1. The Labute approximate surface area is 144 Å². The number of benzene rings is 1. The van der Waals surface area contributed by atoms with E-state index in [0.29, 0.717) is 18.6 Å². The van der Waals surface area contributed by atoms with Gasteiger partial charge >= 0.3 is 0 Å². The number of sulfonamides is 1. The second-order valence-electron chi connectivity index (χ2n) is 5.01. The highest BCUT2D eigenvalue weighted by Crippen LogP contribution is 2.16. The summed E-state index contributed by atoms with van der Waals surface area (Å²) in [5.41, 5.74) is 0.540. The first-order valence-electron chi connectivity index (χ1n) is 7.30. The summed E-state index contributed by atoms with van der Waals surface area (Å²) in [6.45, 7) is 7.77. The summed E-state index contributed by atoms with van der Waals surface area (Å²) in [4.78, 5) is 2.28. The Kier molecular flexibility index (Phi) is 9.90. The molecule has 0 saturated carbocycles. The lowest BCUT2D eigenvalue weighted by Gasteiger charge is -2.18. The van der Waals surface area contributed by atoms with Crippen molar-refractivity contribution in [2.24, 2.45) is 0 Å². The van der Waals surface area contributed by atoms with Crippen molar-refractivity contribution < 1.29 is 26.1 Å². The predicted molar refractivity (Wildman–Crippen MR) is 95.7 cm³/mol. The number of nitrogens with one attached hydrogen (secondary N) is 1. The van der Waals surface area contributed by atoms with Crippen LogP contribution in [-0.4, -0.2) is 65.0 Å². The standard InChI is InChI=1S/C13H22N2O3S.CH4O3S/c1-4-15(5-2)10-11-18-13-8-6-12(7-9-13)14-19(3,16)17;1-5(2,3)4/h6-9,14H,4-5,10-11H2,1-3H3;1H3,(H,2,3,4). The van der Waals surface area contributed by atoms with E-state index in [4.69, 9.17) is 9.29 Å². The Morgan fingerprint density at radius 1 is 1.04 bits per heavy atom. The number of anilines is 1. The minimum atomic E-state index is -3.67. The molecular formula is C14H26N2O6S2. The van der Waals surface area contributed by atoms with Crippen molar-refractivity contribution in [3.8, 4) is 5.75 Å². The Morgan fingerprint density at radius 3 is 1.88 bits per heavy atom. The van der Waals surface area contributed by atoms with Crippen LogP contribution in [0.2, 0.25) is 0 Å². The normalized spacial score (nSPS) is 11.6. The van der Waals surface area contributed by atoms with Crippen molar-refractivity contribution in [2.75, 3.05) is 43.5 Å². The first-order chi connectivity index (χ1) is 10.9. The van der Waals surface area contributed by atoms with Crippen LogP contribution in [0.15, 0.2) is 24.3 Å². The molecule has 0 spiro atoms. The number of ether oxygens (including phenoxy) is 1. The summed E-state index contributed by atoms with van der Waals surface area (Å²) in [6, 6.07) is 6.90. The van der Waals surface area contributed by atoms with Gasteiger partial charge in [-0.05, 0) is 37.4 Å². The van der Waals surface area contributed by atoms with Crippen LogP contribution in [-0.2, 0) is 20.1 Å². The number of hydrogen-bond acceptors (Lipinski definition) is 6. The minimum Gasteiger partial charge on any atom is -0.492 e. The van der Waals surface area contributed by atoms with Crippen molar-refractivity contribution in [1.29, 1.82) is 0 Å². The second-order valence-corrected chi connectivity index (χ2v) is 8.22. The van der Waals surface area contributed by atoms with Gasteiger partial charge in [-0.2, -0.15) is 8.42 Å². The molecule has 0 atom stereocenters. The molecule has 0 aliphatic carbocycles. The summed E-state index contributed by atoms with van der Waals surface area (Å²) in [5, 5.41) is 0. The maximum atomic E-state index is 11.1. The van der Waals surface area contributed by atoms with Gasteiger partial charge < -0.3 is 9.64 Å². The zero-order valence-electron chi connectivity index (χ0n) is 14.4. The topological polar surface area (TPSA) is 113 Å². The third-order valence-corrected chi connectivity index (χ3v) is 3.33. The summed E-state index contributed by atoms with van der Waals surface area (Å²) >= 11 is 0. The highest BCUT2D eigenvalue weighted by Gasteiger charge is 2.02. The molecule has 0 heterocycles. The summed E-state index contributed by atoms with van der Waals surface area (Å²) in [5.74, 6) is 0.742. The molecule has 0 radical (unpaired) electrons. The maximum absolute atomic E-state index is 11.1. The molecule has 0 aromatic heterocycles. The lowest BCUT2D eigenvalue weighted by atomic mass is 10.3. The Hall–Kier alpha value is -1.36. The average Bonchev–Trinajstić information content (AvgIpc) is 2.42. The minimum absolute atomic E-state index is 0.540. The van der Waals surface area contributed by atoms with Gasteiger partial charge in [0.15, 0.2) is 0 Å². The molecule has 0 fully saturated rings. The summed E-state index contributed by atoms with van der Waals surface area (Å²) < 4.78 is 56.0. The zero-order chi connectivity index (χ0) is 18.8. The van der Waals surface area contributed by atoms with E-state index in [9.17, 15) is 16.8 Å². The highest BCUT2D eigenvalue weighted by molar-refractivity contribution is 7.92. The molecule has 10 heteroatoms. The smallest absolute Gasteiger partial charge is 0.261 e. The lowest BCUT2D eigenvalue weighted by molar-refractivity contribution is 0.223. The van der Waals surface area contributed by atoms with Crippen LogP contribution in [0.5, 0.6) is 5.75 Å². The third kappa shape index (κ3) is 14.2. The molecule has 140 valence electrons. The van der Waals surface area contributed by atoms with Crippen molar-refractivity contribution in [1.82, 2.24) is 4.90 Å². The van der Waals surface area contributed by atoms with Crippen molar-refractivity contribution in [2.45, 2.75) is 13.8 Å². The quantitative estimate of drug-likeness (QED) is 0.651. The molecule has 2 N–H and O–H groups in total. The van der Waals surface area contributed by atoms with E-state index in [0.717, 1.165) is 31.6 Å². The van der Waals surface area contributed by atoms with Crippen LogP contribution in [0.3, 0.4) is 0 Å². The second kappa shape index (κ2) is 10.5. The van der Waals surface area contributed by atoms with Crippen LogP contribution in [0.25, 0.3) is 0 Å². The predicted octanol–water partition coefficient (Wildman–Crippen LogP) is 1.28. The maximum Gasteiger partial charge on any atom is 0.261 e. The molecule has 1 aromatic carbocycles. The Morgan fingerprint density at radius 2 is 1.50 bits per heavy atom. The monoisotopic (exact) mass is 382 g/mol. The van der Waals surface area contributed by atoms with E-state index in [-0.39, 0.29) is 0 Å². The first-order valence-corrected chi connectivity index (χ1v) is 11.0. The molecule has 0 saturated heterocycles. The number of nitrogens with zero attached hydrogens (tertiary/aromatic N) is 1. The lowest BCUT2D eigenvalue weighted by Crippen LogP contribution is -2.27. The van der Waals surface area contributed by atoms with Gasteiger partial charge in [-0.15, -0.1) is 0 Å². The van der Waals surface area contributed by atoms with Crippen LogP contribution in [0.4, 0.5) is 5.69 Å². The fraction of sp³-hybridized carbons (Fsp3) is 0.571. The van der Waals surface area contributed by atoms with Gasteiger partial charge in [0.1, 0.15) is 12.4 Å². The Bertz CT molecular complexity index is 660. The Balaban J connectivity index is 0.000000922. The van der Waals surface area contributed by atoms with Crippen LogP contribution in [0.1, 0.15) is 13.8 Å². The molecule has 24 heavy (non-hydrogen) atoms. The van der Waals surface area contributed by atoms with Crippen molar-refractivity contribution in [3.05, 3.63) is 24.3 Å². The third-order valence-electron chi connectivity index (χ3n) is 2.73. The van der Waals surface area contributed by atoms with Gasteiger partial charge in [0.25, 0.3) is 10.1 Å². The van der Waals surface area contributed by atoms with Gasteiger partial charge in [-0.1, -0.05) is 13.8 Å². The molecule has 0 aliphatic rings. The van der Waals surface area contributed by atoms with Gasteiger partial charge in [0.2, 0.25) is 10.0 Å². The molecular weight excluding hydrogens is 356 g/mol. The first kappa shape index (κ1) is 22.6. The zero-order valence-corrected chi connectivity index (χ0v) is 16.0. The summed E-state index contributed by atoms with van der Waals surface area (Å²) in [7, 11) is -6.89. The number of hydrogen-bond donors (Lipinski definition) is 2. The van der Waals surface area contributed by atoms with Crippen molar-refractivity contribution in [3.63, 3.8) is 0 Å². The number of rotatable bonds is 8. The molecule has 1 rings (SSSR count).